The molecule has 0 aromatic heterocycles. The van der Waals surface area contributed by atoms with Gasteiger partial charge >= 0.3 is 0 Å². The SMILES string of the molecule is CCC(C)Oc1ccc(C(=O)N(C)C(C)CN)cc1.Cl. The highest BCUT2D eigenvalue weighted by molar-refractivity contribution is 5.94. The molecule has 0 radical (unpaired) electrons. The average molecular weight is 301 g/mol. The molecular formula is C15H25ClN2O2. The van der Waals surface area contributed by atoms with E-state index < -0.39 is 0 Å². The van der Waals surface area contributed by atoms with Crippen LogP contribution in [0.25, 0.3) is 0 Å². The van der Waals surface area contributed by atoms with Crippen LogP contribution in [-0.2, 0) is 0 Å². The summed E-state index contributed by atoms with van der Waals surface area (Å²) in [4.78, 5) is 13.8. The van der Waals surface area contributed by atoms with Crippen LogP contribution in [0.2, 0.25) is 0 Å². The monoisotopic (exact) mass is 300 g/mol. The highest BCUT2D eigenvalue weighted by atomic mass is 35.5. The van der Waals surface area contributed by atoms with Gasteiger partial charge in [0.1, 0.15) is 5.75 Å². The fourth-order valence-electron chi connectivity index (χ4n) is 1.55. The van der Waals surface area contributed by atoms with E-state index in [1.165, 1.54) is 0 Å². The van der Waals surface area contributed by atoms with Crippen molar-refractivity contribution in [3.63, 3.8) is 0 Å². The maximum Gasteiger partial charge on any atom is 0.253 e. The second-order valence-electron chi connectivity index (χ2n) is 4.86. The van der Waals surface area contributed by atoms with E-state index in [0.717, 1.165) is 12.2 Å². The molecule has 2 N–H and O–H groups in total. The number of benzene rings is 1. The third-order valence-electron chi connectivity index (χ3n) is 3.34. The summed E-state index contributed by atoms with van der Waals surface area (Å²) in [6.45, 7) is 6.48. The fraction of sp³-hybridized carbons (Fsp3) is 0.533. The van der Waals surface area contributed by atoms with Crippen LogP contribution >= 0.6 is 12.4 Å². The largest absolute Gasteiger partial charge is 0.491 e. The molecule has 2 atom stereocenters. The molecule has 5 heteroatoms. The first-order valence-electron chi connectivity index (χ1n) is 6.73. The summed E-state index contributed by atoms with van der Waals surface area (Å²) < 4.78 is 5.68. The minimum absolute atomic E-state index is 0. The van der Waals surface area contributed by atoms with E-state index in [1.54, 1.807) is 24.1 Å². The molecule has 0 aliphatic carbocycles. The maximum atomic E-state index is 12.2. The average Bonchev–Trinajstić information content (AvgIpc) is 2.45. The number of carbonyl (C=O) groups is 1. The second kappa shape index (κ2) is 8.82. The third-order valence-corrected chi connectivity index (χ3v) is 3.34. The number of amides is 1. The molecule has 4 nitrogen and oxygen atoms in total. The van der Waals surface area contributed by atoms with Gasteiger partial charge in [-0.2, -0.15) is 0 Å². The smallest absolute Gasteiger partial charge is 0.253 e. The number of nitrogens with two attached hydrogens (primary N) is 1. The van der Waals surface area contributed by atoms with Crippen LogP contribution in [0.15, 0.2) is 24.3 Å². The Morgan fingerprint density at radius 3 is 2.30 bits per heavy atom. The van der Waals surface area contributed by atoms with Crippen molar-refractivity contribution >= 4 is 18.3 Å². The Balaban J connectivity index is 0.00000361. The second-order valence-corrected chi connectivity index (χ2v) is 4.86. The number of hydrogen-bond donors (Lipinski definition) is 1. The summed E-state index contributed by atoms with van der Waals surface area (Å²) in [7, 11) is 1.77. The topological polar surface area (TPSA) is 55.6 Å². The van der Waals surface area contributed by atoms with Crippen molar-refractivity contribution in [2.45, 2.75) is 39.3 Å². The summed E-state index contributed by atoms with van der Waals surface area (Å²) >= 11 is 0. The van der Waals surface area contributed by atoms with Gasteiger partial charge in [-0.25, -0.2) is 0 Å². The fourth-order valence-corrected chi connectivity index (χ4v) is 1.55. The van der Waals surface area contributed by atoms with Gasteiger partial charge in [-0.15, -0.1) is 12.4 Å². The van der Waals surface area contributed by atoms with Crippen LogP contribution in [-0.4, -0.2) is 36.5 Å². The summed E-state index contributed by atoms with van der Waals surface area (Å²) in [6, 6.07) is 7.28. The molecule has 0 saturated carbocycles. The quantitative estimate of drug-likeness (QED) is 0.879. The molecule has 0 fully saturated rings. The zero-order valence-corrected chi connectivity index (χ0v) is 13.4. The molecule has 1 aromatic rings. The molecule has 114 valence electrons. The van der Waals surface area contributed by atoms with Gasteiger partial charge in [-0.3, -0.25) is 4.79 Å². The first-order valence-corrected chi connectivity index (χ1v) is 6.73. The summed E-state index contributed by atoms with van der Waals surface area (Å²) in [5.41, 5.74) is 6.22. The van der Waals surface area contributed by atoms with Crippen molar-refractivity contribution in [2.24, 2.45) is 5.73 Å². The molecule has 2 unspecified atom stereocenters. The molecule has 0 aliphatic rings. The van der Waals surface area contributed by atoms with Crippen molar-refractivity contribution in [3.05, 3.63) is 29.8 Å². The number of likely N-dealkylation sites (N-methyl/N-ethyl adjacent to an activating group) is 1. The molecule has 1 amide bonds. The lowest BCUT2D eigenvalue weighted by molar-refractivity contribution is 0.0748. The van der Waals surface area contributed by atoms with E-state index in [-0.39, 0.29) is 30.5 Å². The number of halogens is 1. The van der Waals surface area contributed by atoms with Crippen molar-refractivity contribution in [3.8, 4) is 5.75 Å². The van der Waals surface area contributed by atoms with Crippen molar-refractivity contribution in [2.75, 3.05) is 13.6 Å². The summed E-state index contributed by atoms with van der Waals surface area (Å²) in [6.07, 6.45) is 1.14. The highest BCUT2D eigenvalue weighted by Gasteiger charge is 2.16. The van der Waals surface area contributed by atoms with E-state index in [4.69, 9.17) is 10.5 Å². The molecule has 1 rings (SSSR count). The number of carbonyl (C=O) groups excluding carboxylic acids is 1. The van der Waals surface area contributed by atoms with E-state index in [9.17, 15) is 4.79 Å². The molecule has 0 saturated heterocycles. The molecule has 20 heavy (non-hydrogen) atoms. The third kappa shape index (κ3) is 5.02. The Morgan fingerprint density at radius 1 is 1.30 bits per heavy atom. The van der Waals surface area contributed by atoms with Gasteiger partial charge in [0.15, 0.2) is 0 Å². The lowest BCUT2D eigenvalue weighted by Crippen LogP contribution is -2.39. The van der Waals surface area contributed by atoms with E-state index in [2.05, 4.69) is 6.92 Å². The van der Waals surface area contributed by atoms with Gasteiger partial charge in [0.25, 0.3) is 5.91 Å². The molecule has 0 spiro atoms. The molecule has 0 heterocycles. The molecule has 1 aromatic carbocycles. The summed E-state index contributed by atoms with van der Waals surface area (Å²) in [5, 5.41) is 0. The van der Waals surface area contributed by atoms with Gasteiger partial charge in [0.2, 0.25) is 0 Å². The van der Waals surface area contributed by atoms with E-state index in [0.29, 0.717) is 12.1 Å². The Labute approximate surface area is 127 Å². The Morgan fingerprint density at radius 2 is 1.85 bits per heavy atom. The minimum Gasteiger partial charge on any atom is -0.491 e. The van der Waals surface area contributed by atoms with Crippen LogP contribution in [0, 0.1) is 0 Å². The lowest BCUT2D eigenvalue weighted by atomic mass is 10.1. The van der Waals surface area contributed by atoms with Gasteiger partial charge in [-0.05, 0) is 44.5 Å². The predicted octanol–water partition coefficient (Wildman–Crippen LogP) is 2.70. The highest BCUT2D eigenvalue weighted by Crippen LogP contribution is 2.16. The summed E-state index contributed by atoms with van der Waals surface area (Å²) in [5.74, 6) is 0.772. The zero-order chi connectivity index (χ0) is 14.4. The van der Waals surface area contributed by atoms with Gasteiger partial charge in [-0.1, -0.05) is 6.92 Å². The minimum atomic E-state index is -0.0203. The normalized spacial score (nSPS) is 13.1. The molecule has 0 bridgehead atoms. The van der Waals surface area contributed by atoms with E-state index in [1.807, 2.05) is 26.0 Å². The standard InChI is InChI=1S/C15H24N2O2.ClH/c1-5-12(3)19-14-8-6-13(7-9-14)15(18)17(4)11(2)10-16;/h6-9,11-12H,5,10,16H2,1-4H3;1H. The van der Waals surface area contributed by atoms with Gasteiger partial charge < -0.3 is 15.4 Å². The Kier molecular flexibility index (Phi) is 8.26. The van der Waals surface area contributed by atoms with Crippen LogP contribution in [0.1, 0.15) is 37.6 Å². The number of rotatable bonds is 6. The van der Waals surface area contributed by atoms with Gasteiger partial charge in [0.05, 0.1) is 6.10 Å². The van der Waals surface area contributed by atoms with Crippen molar-refractivity contribution in [1.82, 2.24) is 4.90 Å². The number of nitrogens with zero attached hydrogens (tertiary/aromatic N) is 1. The van der Waals surface area contributed by atoms with Crippen molar-refractivity contribution < 1.29 is 9.53 Å². The Hall–Kier alpha value is -1.26. The van der Waals surface area contributed by atoms with Crippen LogP contribution in [0.5, 0.6) is 5.75 Å². The zero-order valence-electron chi connectivity index (χ0n) is 12.6. The lowest BCUT2D eigenvalue weighted by Gasteiger charge is -2.23. The van der Waals surface area contributed by atoms with Crippen molar-refractivity contribution in [1.29, 1.82) is 0 Å². The molecular weight excluding hydrogens is 276 g/mol. The number of ether oxygens (including phenoxy) is 1. The van der Waals surface area contributed by atoms with Crippen LogP contribution in [0.3, 0.4) is 0 Å². The maximum absolute atomic E-state index is 12.2. The van der Waals surface area contributed by atoms with Crippen LogP contribution < -0.4 is 10.5 Å². The predicted molar refractivity (Wildman–Crippen MR) is 84.7 cm³/mol. The Bertz CT molecular complexity index is 409. The molecule has 0 aliphatic heterocycles. The van der Waals surface area contributed by atoms with Gasteiger partial charge in [0, 0.05) is 25.2 Å². The first kappa shape index (κ1) is 18.7. The van der Waals surface area contributed by atoms with E-state index >= 15 is 0 Å². The number of hydrogen-bond acceptors (Lipinski definition) is 3. The first-order chi connectivity index (χ1) is 8.99. The van der Waals surface area contributed by atoms with Crippen LogP contribution in [0.4, 0.5) is 0 Å².